The lowest BCUT2D eigenvalue weighted by Gasteiger charge is -2.38. The molecule has 2 saturated heterocycles. The minimum atomic E-state index is 0.491. The van der Waals surface area contributed by atoms with E-state index in [9.17, 15) is 0 Å². The molecule has 0 bridgehead atoms. The van der Waals surface area contributed by atoms with Crippen molar-refractivity contribution < 1.29 is 4.42 Å². The monoisotopic (exact) mass is 276 g/mol. The predicted octanol–water partition coefficient (Wildman–Crippen LogP) is 3.42. The Hall–Kier alpha value is -0.800. The second-order valence-corrected chi connectivity index (χ2v) is 6.62. The van der Waals surface area contributed by atoms with Crippen LogP contribution in [0, 0.1) is 19.8 Å². The van der Waals surface area contributed by atoms with Crippen LogP contribution in [0.5, 0.6) is 0 Å². The smallest absolute Gasteiger partial charge is 0.105 e. The van der Waals surface area contributed by atoms with Crippen LogP contribution in [0.2, 0.25) is 0 Å². The largest absolute Gasteiger partial charge is 0.466 e. The van der Waals surface area contributed by atoms with Crippen LogP contribution in [-0.2, 0) is 0 Å². The summed E-state index contributed by atoms with van der Waals surface area (Å²) in [6.07, 6.45) is 5.45. The van der Waals surface area contributed by atoms with Crippen molar-refractivity contribution in [1.29, 1.82) is 0 Å². The quantitative estimate of drug-likeness (QED) is 0.917. The number of nitrogens with one attached hydrogen (secondary N) is 1. The highest BCUT2D eigenvalue weighted by molar-refractivity contribution is 5.23. The Morgan fingerprint density at radius 1 is 1.25 bits per heavy atom. The average Bonchev–Trinajstić information content (AvgIpc) is 3.08. The molecule has 3 nitrogen and oxygen atoms in total. The van der Waals surface area contributed by atoms with E-state index in [0.29, 0.717) is 6.04 Å². The van der Waals surface area contributed by atoms with Crippen LogP contribution in [-0.4, -0.2) is 30.6 Å². The van der Waals surface area contributed by atoms with E-state index in [4.69, 9.17) is 4.42 Å². The van der Waals surface area contributed by atoms with Gasteiger partial charge >= 0.3 is 0 Å². The Kier molecular flexibility index (Phi) is 4.18. The minimum Gasteiger partial charge on any atom is -0.466 e. The van der Waals surface area contributed by atoms with E-state index in [1.54, 1.807) is 0 Å². The normalized spacial score (nSPS) is 27.1. The molecule has 0 spiro atoms. The standard InChI is InChI=1S/C17H28N2O/c1-12-11-16(14(3)20-12)13(2)19-9-6-15(7-10-19)17-5-4-8-18-17/h11,13,15,17-18H,4-10H2,1-3H3. The first-order valence-electron chi connectivity index (χ1n) is 8.19. The van der Waals surface area contributed by atoms with Crippen molar-refractivity contribution in [3.63, 3.8) is 0 Å². The molecule has 2 atom stereocenters. The molecule has 0 aliphatic carbocycles. The van der Waals surface area contributed by atoms with Crippen LogP contribution in [0.15, 0.2) is 10.5 Å². The summed E-state index contributed by atoms with van der Waals surface area (Å²) in [4.78, 5) is 2.63. The van der Waals surface area contributed by atoms with Crippen LogP contribution >= 0.6 is 0 Å². The highest BCUT2D eigenvalue weighted by Crippen LogP contribution is 2.32. The zero-order valence-corrected chi connectivity index (χ0v) is 13.1. The van der Waals surface area contributed by atoms with Gasteiger partial charge in [0, 0.05) is 17.6 Å². The fourth-order valence-electron chi connectivity index (χ4n) is 4.08. The number of furan rings is 1. The summed E-state index contributed by atoms with van der Waals surface area (Å²) in [6.45, 7) is 10.1. The molecule has 2 fully saturated rings. The van der Waals surface area contributed by atoms with Gasteiger partial charge in [0.05, 0.1) is 0 Å². The maximum atomic E-state index is 5.69. The average molecular weight is 276 g/mol. The van der Waals surface area contributed by atoms with Crippen LogP contribution in [0.3, 0.4) is 0 Å². The van der Waals surface area contributed by atoms with Crippen LogP contribution in [0.4, 0.5) is 0 Å². The Labute approximate surface area is 122 Å². The predicted molar refractivity (Wildman–Crippen MR) is 81.9 cm³/mol. The van der Waals surface area contributed by atoms with Crippen molar-refractivity contribution in [2.24, 2.45) is 5.92 Å². The molecule has 112 valence electrons. The molecule has 2 aliphatic heterocycles. The number of likely N-dealkylation sites (tertiary alicyclic amines) is 1. The molecule has 3 heteroatoms. The Balaban J connectivity index is 1.58. The second-order valence-electron chi connectivity index (χ2n) is 6.62. The fourth-order valence-corrected chi connectivity index (χ4v) is 4.08. The van der Waals surface area contributed by atoms with Gasteiger partial charge in [-0.1, -0.05) is 0 Å². The van der Waals surface area contributed by atoms with Crippen molar-refractivity contribution in [3.05, 3.63) is 23.2 Å². The van der Waals surface area contributed by atoms with Gasteiger partial charge in [0.2, 0.25) is 0 Å². The van der Waals surface area contributed by atoms with Gasteiger partial charge in [-0.3, -0.25) is 4.90 Å². The SMILES string of the molecule is Cc1cc(C(C)N2CCC(C3CCCN3)CC2)c(C)o1. The molecule has 0 amide bonds. The lowest BCUT2D eigenvalue weighted by molar-refractivity contribution is 0.126. The molecule has 1 aromatic heterocycles. The van der Waals surface area contributed by atoms with Crippen molar-refractivity contribution in [3.8, 4) is 0 Å². The van der Waals surface area contributed by atoms with Crippen molar-refractivity contribution in [1.82, 2.24) is 10.2 Å². The molecule has 2 unspecified atom stereocenters. The lowest BCUT2D eigenvalue weighted by Crippen LogP contribution is -2.41. The third-order valence-electron chi connectivity index (χ3n) is 5.32. The summed E-state index contributed by atoms with van der Waals surface area (Å²) >= 11 is 0. The van der Waals surface area contributed by atoms with E-state index in [-0.39, 0.29) is 0 Å². The zero-order chi connectivity index (χ0) is 14.1. The molecule has 1 N–H and O–H groups in total. The fraction of sp³-hybridized carbons (Fsp3) is 0.765. The number of aryl methyl sites for hydroxylation is 2. The van der Waals surface area contributed by atoms with Gasteiger partial charge in [-0.25, -0.2) is 0 Å². The molecular formula is C17H28N2O. The number of hydrogen-bond donors (Lipinski definition) is 1. The second kappa shape index (κ2) is 5.90. The Morgan fingerprint density at radius 3 is 2.55 bits per heavy atom. The van der Waals surface area contributed by atoms with Gasteiger partial charge < -0.3 is 9.73 Å². The van der Waals surface area contributed by atoms with Gasteiger partial charge in [0.15, 0.2) is 0 Å². The third-order valence-corrected chi connectivity index (χ3v) is 5.32. The first-order chi connectivity index (χ1) is 9.65. The molecule has 0 aromatic carbocycles. The van der Waals surface area contributed by atoms with Crippen LogP contribution in [0.25, 0.3) is 0 Å². The van der Waals surface area contributed by atoms with E-state index >= 15 is 0 Å². The summed E-state index contributed by atoms with van der Waals surface area (Å²) < 4.78 is 5.69. The number of rotatable bonds is 3. The summed E-state index contributed by atoms with van der Waals surface area (Å²) in [5.41, 5.74) is 1.37. The minimum absolute atomic E-state index is 0.491. The van der Waals surface area contributed by atoms with E-state index in [0.717, 1.165) is 23.5 Å². The van der Waals surface area contributed by atoms with Gasteiger partial charge in [-0.15, -0.1) is 0 Å². The molecular weight excluding hydrogens is 248 g/mol. The van der Waals surface area contributed by atoms with Crippen molar-refractivity contribution in [2.75, 3.05) is 19.6 Å². The summed E-state index contributed by atoms with van der Waals surface area (Å²) in [7, 11) is 0. The van der Waals surface area contributed by atoms with E-state index in [1.807, 2.05) is 6.92 Å². The summed E-state index contributed by atoms with van der Waals surface area (Å²) in [5, 5.41) is 3.68. The highest BCUT2D eigenvalue weighted by Gasteiger charge is 2.30. The summed E-state index contributed by atoms with van der Waals surface area (Å²) in [6, 6.07) is 3.50. The lowest BCUT2D eigenvalue weighted by atomic mass is 9.87. The van der Waals surface area contributed by atoms with Crippen LogP contribution in [0.1, 0.15) is 55.7 Å². The number of nitrogens with zero attached hydrogens (tertiary/aromatic N) is 1. The van der Waals surface area contributed by atoms with Crippen LogP contribution < -0.4 is 5.32 Å². The molecule has 3 heterocycles. The van der Waals surface area contributed by atoms with Gasteiger partial charge in [0.1, 0.15) is 11.5 Å². The Morgan fingerprint density at radius 2 is 2.00 bits per heavy atom. The zero-order valence-electron chi connectivity index (χ0n) is 13.1. The topological polar surface area (TPSA) is 28.4 Å². The maximum absolute atomic E-state index is 5.69. The van der Waals surface area contributed by atoms with E-state index in [1.165, 1.54) is 50.9 Å². The highest BCUT2D eigenvalue weighted by atomic mass is 16.3. The van der Waals surface area contributed by atoms with Gasteiger partial charge in [-0.2, -0.15) is 0 Å². The third kappa shape index (κ3) is 2.79. The number of piperidine rings is 1. The molecule has 2 aliphatic rings. The molecule has 0 saturated carbocycles. The molecule has 3 rings (SSSR count). The molecule has 1 aromatic rings. The Bertz CT molecular complexity index is 440. The maximum Gasteiger partial charge on any atom is 0.105 e. The van der Waals surface area contributed by atoms with Gasteiger partial charge in [-0.05, 0) is 78.1 Å². The van der Waals surface area contributed by atoms with Gasteiger partial charge in [0.25, 0.3) is 0 Å². The van der Waals surface area contributed by atoms with Crippen molar-refractivity contribution in [2.45, 2.75) is 58.5 Å². The first-order valence-corrected chi connectivity index (χ1v) is 8.19. The van der Waals surface area contributed by atoms with Crippen molar-refractivity contribution >= 4 is 0 Å². The summed E-state index contributed by atoms with van der Waals surface area (Å²) in [5.74, 6) is 3.03. The van der Waals surface area contributed by atoms with E-state index in [2.05, 4.69) is 30.1 Å². The number of hydrogen-bond acceptors (Lipinski definition) is 3. The molecule has 0 radical (unpaired) electrons. The molecule has 20 heavy (non-hydrogen) atoms. The van der Waals surface area contributed by atoms with E-state index < -0.39 is 0 Å². The first kappa shape index (κ1) is 14.2.